The number of aryl methyl sites for hydroxylation is 2. The van der Waals surface area contributed by atoms with Crippen molar-refractivity contribution >= 4 is 11.6 Å². The van der Waals surface area contributed by atoms with Crippen molar-refractivity contribution in [2.75, 3.05) is 5.32 Å². The molecule has 5 aromatic rings. The lowest BCUT2D eigenvalue weighted by Crippen LogP contribution is -2.13. The summed E-state index contributed by atoms with van der Waals surface area (Å²) in [5.74, 6) is 0.363. The topological polar surface area (TPSA) is 101 Å². The van der Waals surface area contributed by atoms with Gasteiger partial charge in [0.25, 0.3) is 5.91 Å². The van der Waals surface area contributed by atoms with Gasteiger partial charge in [0.2, 0.25) is 5.82 Å². The molecule has 8 heteroatoms. The Morgan fingerprint density at radius 3 is 2.43 bits per heavy atom. The molecule has 0 atom stereocenters. The van der Waals surface area contributed by atoms with Gasteiger partial charge in [-0.3, -0.25) is 9.48 Å². The average Bonchev–Trinajstić information content (AvgIpc) is 3.60. The first kappa shape index (κ1) is 24.1. The number of unbranched alkanes of at least 4 members (excludes halogenated alkanes) is 1. The molecule has 0 unspecified atom stereocenters. The van der Waals surface area contributed by atoms with Crippen LogP contribution in [0.1, 0.15) is 47.1 Å². The number of aromatic amines is 1. The highest BCUT2D eigenvalue weighted by Crippen LogP contribution is 2.30. The number of H-pyrrole nitrogens is 1. The summed E-state index contributed by atoms with van der Waals surface area (Å²) in [5, 5.41) is 22.1. The fourth-order valence-corrected chi connectivity index (χ4v) is 4.26. The van der Waals surface area contributed by atoms with Gasteiger partial charge in [-0.25, -0.2) is 0 Å². The Bertz CT molecular complexity index is 1470. The van der Waals surface area contributed by atoms with Gasteiger partial charge in [0.05, 0.1) is 6.54 Å². The first-order chi connectivity index (χ1) is 18.1. The Balaban J connectivity index is 1.36. The van der Waals surface area contributed by atoms with Crippen LogP contribution in [-0.4, -0.2) is 36.3 Å². The van der Waals surface area contributed by atoms with Gasteiger partial charge in [-0.05, 0) is 59.9 Å². The lowest BCUT2D eigenvalue weighted by Gasteiger charge is -2.10. The quantitative estimate of drug-likeness (QED) is 0.276. The van der Waals surface area contributed by atoms with Crippen LogP contribution < -0.4 is 5.32 Å². The van der Waals surface area contributed by atoms with Gasteiger partial charge in [-0.15, -0.1) is 10.2 Å². The maximum absolute atomic E-state index is 12.9. The first-order valence-electron chi connectivity index (χ1n) is 12.5. The number of anilines is 1. The van der Waals surface area contributed by atoms with Gasteiger partial charge < -0.3 is 5.32 Å². The van der Waals surface area contributed by atoms with Crippen molar-refractivity contribution in [3.05, 3.63) is 101 Å². The van der Waals surface area contributed by atoms with E-state index in [0.717, 1.165) is 58.5 Å². The smallest absolute Gasteiger partial charge is 0.276 e. The van der Waals surface area contributed by atoms with E-state index in [0.29, 0.717) is 18.1 Å². The molecule has 0 saturated carbocycles. The molecule has 0 bridgehead atoms. The predicted molar refractivity (Wildman–Crippen MR) is 144 cm³/mol. The van der Waals surface area contributed by atoms with Crippen LogP contribution in [0.2, 0.25) is 0 Å². The number of carbonyl (C=O) groups is 1. The van der Waals surface area contributed by atoms with E-state index < -0.39 is 0 Å². The van der Waals surface area contributed by atoms with Crippen LogP contribution in [0.3, 0.4) is 0 Å². The van der Waals surface area contributed by atoms with Crippen LogP contribution in [0, 0.1) is 6.92 Å². The first-order valence-corrected chi connectivity index (χ1v) is 12.5. The SMILES string of the molecule is CCCCc1cc(C(=O)Nc2ccc(C)cc2)nn1Cc1ccc(-c2ccccc2-c2nn[nH]n2)cc1. The van der Waals surface area contributed by atoms with Crippen molar-refractivity contribution in [3.63, 3.8) is 0 Å². The number of hydrogen-bond acceptors (Lipinski definition) is 5. The molecule has 37 heavy (non-hydrogen) atoms. The molecule has 1 amide bonds. The Labute approximate surface area is 215 Å². The van der Waals surface area contributed by atoms with Gasteiger partial charge in [0.15, 0.2) is 5.69 Å². The summed E-state index contributed by atoms with van der Waals surface area (Å²) in [7, 11) is 0. The van der Waals surface area contributed by atoms with Crippen LogP contribution in [0.5, 0.6) is 0 Å². The van der Waals surface area contributed by atoms with Crippen molar-refractivity contribution in [1.82, 2.24) is 30.4 Å². The zero-order chi connectivity index (χ0) is 25.6. The van der Waals surface area contributed by atoms with Crippen molar-refractivity contribution < 1.29 is 4.79 Å². The summed E-state index contributed by atoms with van der Waals surface area (Å²) >= 11 is 0. The van der Waals surface area contributed by atoms with Crippen LogP contribution in [-0.2, 0) is 13.0 Å². The van der Waals surface area contributed by atoms with Crippen molar-refractivity contribution in [2.24, 2.45) is 0 Å². The second-order valence-corrected chi connectivity index (χ2v) is 9.08. The highest BCUT2D eigenvalue weighted by atomic mass is 16.2. The number of amides is 1. The molecule has 2 N–H and O–H groups in total. The second-order valence-electron chi connectivity index (χ2n) is 9.08. The molecular formula is C29H29N7O. The van der Waals surface area contributed by atoms with E-state index in [4.69, 9.17) is 0 Å². The van der Waals surface area contributed by atoms with Gasteiger partial charge in [-0.2, -0.15) is 10.3 Å². The third-order valence-electron chi connectivity index (χ3n) is 6.30. The van der Waals surface area contributed by atoms with E-state index in [9.17, 15) is 4.79 Å². The summed E-state index contributed by atoms with van der Waals surface area (Å²) in [4.78, 5) is 12.9. The number of hydrogen-bond donors (Lipinski definition) is 2. The zero-order valence-corrected chi connectivity index (χ0v) is 21.0. The molecule has 5 rings (SSSR count). The Hall–Kier alpha value is -4.59. The summed E-state index contributed by atoms with van der Waals surface area (Å²) in [6.45, 7) is 4.77. The van der Waals surface area contributed by atoms with Gasteiger partial charge in [-0.1, -0.05) is 79.6 Å². The molecule has 0 aliphatic carbocycles. The van der Waals surface area contributed by atoms with Crippen molar-refractivity contribution in [2.45, 2.75) is 39.7 Å². The molecule has 2 heterocycles. The van der Waals surface area contributed by atoms with E-state index in [1.807, 2.05) is 60.1 Å². The molecule has 0 spiro atoms. The molecule has 3 aromatic carbocycles. The number of nitrogens with one attached hydrogen (secondary N) is 2. The van der Waals surface area contributed by atoms with Crippen LogP contribution in [0.25, 0.3) is 22.5 Å². The van der Waals surface area contributed by atoms with Crippen LogP contribution in [0.4, 0.5) is 5.69 Å². The standard InChI is InChI=1S/C29H29N7O/c1-3-4-7-24-18-27(29(37)30-23-16-10-20(2)11-17-23)33-36(24)19-21-12-14-22(15-13-21)25-8-5-6-9-26(25)28-31-34-35-32-28/h5-6,8-18H,3-4,7,19H2,1-2H3,(H,30,37)(H,31,32,34,35). The van der Waals surface area contributed by atoms with E-state index >= 15 is 0 Å². The maximum Gasteiger partial charge on any atom is 0.276 e. The third kappa shape index (κ3) is 5.64. The van der Waals surface area contributed by atoms with E-state index in [2.05, 4.69) is 68.3 Å². The zero-order valence-electron chi connectivity index (χ0n) is 21.0. The molecule has 0 aliphatic rings. The number of nitrogens with zero attached hydrogens (tertiary/aromatic N) is 5. The molecule has 0 saturated heterocycles. The number of aromatic nitrogens is 6. The Morgan fingerprint density at radius 1 is 0.973 bits per heavy atom. The van der Waals surface area contributed by atoms with Gasteiger partial charge in [0, 0.05) is 16.9 Å². The summed E-state index contributed by atoms with van der Waals surface area (Å²) in [6, 6.07) is 26.1. The largest absolute Gasteiger partial charge is 0.321 e. The minimum atomic E-state index is -0.200. The average molecular weight is 492 g/mol. The Morgan fingerprint density at radius 2 is 1.73 bits per heavy atom. The lowest BCUT2D eigenvalue weighted by molar-refractivity contribution is 0.102. The fourth-order valence-electron chi connectivity index (χ4n) is 4.26. The monoisotopic (exact) mass is 491 g/mol. The summed E-state index contributed by atoms with van der Waals surface area (Å²) in [5.41, 5.74) is 7.52. The van der Waals surface area contributed by atoms with Gasteiger partial charge >= 0.3 is 0 Å². The molecule has 8 nitrogen and oxygen atoms in total. The predicted octanol–water partition coefficient (Wildman–Crippen LogP) is 5.68. The minimum Gasteiger partial charge on any atom is -0.321 e. The van der Waals surface area contributed by atoms with Crippen molar-refractivity contribution in [3.8, 4) is 22.5 Å². The highest BCUT2D eigenvalue weighted by Gasteiger charge is 2.16. The van der Waals surface area contributed by atoms with Crippen LogP contribution >= 0.6 is 0 Å². The fraction of sp³-hybridized carbons (Fsp3) is 0.207. The number of carbonyl (C=O) groups excluding carboxylic acids is 1. The Kier molecular flexibility index (Phi) is 7.16. The lowest BCUT2D eigenvalue weighted by atomic mass is 9.98. The molecule has 0 aliphatic heterocycles. The van der Waals surface area contributed by atoms with E-state index in [-0.39, 0.29) is 5.91 Å². The van der Waals surface area contributed by atoms with E-state index in [1.54, 1.807) is 0 Å². The number of rotatable bonds is 9. The second kappa shape index (κ2) is 11.0. The molecule has 0 radical (unpaired) electrons. The van der Waals surface area contributed by atoms with Crippen molar-refractivity contribution in [1.29, 1.82) is 0 Å². The summed E-state index contributed by atoms with van der Waals surface area (Å²) in [6.07, 6.45) is 2.98. The van der Waals surface area contributed by atoms with E-state index in [1.165, 1.54) is 0 Å². The normalized spacial score (nSPS) is 11.0. The molecule has 0 fully saturated rings. The molecule has 2 aromatic heterocycles. The van der Waals surface area contributed by atoms with Crippen LogP contribution in [0.15, 0.2) is 78.9 Å². The maximum atomic E-state index is 12.9. The molecule has 186 valence electrons. The minimum absolute atomic E-state index is 0.200. The number of tetrazole rings is 1. The number of benzene rings is 3. The highest BCUT2D eigenvalue weighted by molar-refractivity contribution is 6.02. The summed E-state index contributed by atoms with van der Waals surface area (Å²) < 4.78 is 1.95. The van der Waals surface area contributed by atoms with Gasteiger partial charge in [0.1, 0.15) is 0 Å². The third-order valence-corrected chi connectivity index (χ3v) is 6.30. The molecular weight excluding hydrogens is 462 g/mol.